The second kappa shape index (κ2) is 5.89. The molecule has 5 heteroatoms. The van der Waals surface area contributed by atoms with Crippen LogP contribution in [0.1, 0.15) is 6.92 Å². The number of benzene rings is 1. The molecule has 92 valence electrons. The maximum Gasteiger partial charge on any atom is 0.411 e. The van der Waals surface area contributed by atoms with Crippen molar-refractivity contribution in [3.05, 3.63) is 24.3 Å². The monoisotopic (exact) mass is 235 g/mol. The summed E-state index contributed by atoms with van der Waals surface area (Å²) in [4.78, 5) is 17.4. The molecule has 1 rings (SSSR count). The standard InChI is InChI=1S/C12H17N3O2/c1-9(15(2)3)13-10-6-5-7-11(8-10)14-12(16)17-4/h5-8H,1-4H3,(H,14,16). The van der Waals surface area contributed by atoms with Gasteiger partial charge < -0.3 is 9.64 Å². The number of ether oxygens (including phenoxy) is 1. The van der Waals surface area contributed by atoms with Gasteiger partial charge in [0.05, 0.1) is 12.8 Å². The Labute approximate surface area is 101 Å². The van der Waals surface area contributed by atoms with Crippen molar-refractivity contribution in [1.82, 2.24) is 4.90 Å². The van der Waals surface area contributed by atoms with Gasteiger partial charge in [0, 0.05) is 19.8 Å². The van der Waals surface area contributed by atoms with Crippen LogP contribution in [-0.2, 0) is 4.74 Å². The Morgan fingerprint density at radius 3 is 2.71 bits per heavy atom. The Morgan fingerprint density at radius 1 is 1.41 bits per heavy atom. The zero-order valence-electron chi connectivity index (χ0n) is 10.5. The third kappa shape index (κ3) is 4.14. The largest absolute Gasteiger partial charge is 0.453 e. The molecule has 0 aliphatic rings. The van der Waals surface area contributed by atoms with Crippen LogP contribution in [0.15, 0.2) is 29.3 Å². The first kappa shape index (κ1) is 13.0. The van der Waals surface area contributed by atoms with Gasteiger partial charge in [-0.1, -0.05) is 6.07 Å². The molecule has 0 bridgehead atoms. The molecule has 0 saturated carbocycles. The van der Waals surface area contributed by atoms with E-state index in [1.807, 2.05) is 38.1 Å². The van der Waals surface area contributed by atoms with E-state index in [0.29, 0.717) is 5.69 Å². The van der Waals surface area contributed by atoms with Crippen LogP contribution in [0, 0.1) is 0 Å². The first-order valence-corrected chi connectivity index (χ1v) is 5.20. The van der Waals surface area contributed by atoms with Gasteiger partial charge in [-0.2, -0.15) is 0 Å². The third-order valence-electron chi connectivity index (χ3n) is 2.22. The number of methoxy groups -OCH3 is 1. The summed E-state index contributed by atoms with van der Waals surface area (Å²) in [7, 11) is 5.18. The summed E-state index contributed by atoms with van der Waals surface area (Å²) in [6.07, 6.45) is -0.490. The number of nitrogens with zero attached hydrogens (tertiary/aromatic N) is 2. The molecule has 1 amide bonds. The van der Waals surface area contributed by atoms with Gasteiger partial charge in [-0.05, 0) is 25.1 Å². The fraction of sp³-hybridized carbons (Fsp3) is 0.333. The SMILES string of the molecule is COC(=O)Nc1cccc(N=C(C)N(C)C)c1. The van der Waals surface area contributed by atoms with Gasteiger partial charge in [0.25, 0.3) is 0 Å². The van der Waals surface area contributed by atoms with E-state index in [-0.39, 0.29) is 0 Å². The highest BCUT2D eigenvalue weighted by molar-refractivity contribution is 5.86. The summed E-state index contributed by atoms with van der Waals surface area (Å²) in [5.74, 6) is 0.889. The minimum atomic E-state index is -0.490. The second-order valence-corrected chi connectivity index (χ2v) is 3.72. The molecule has 0 aliphatic heterocycles. The second-order valence-electron chi connectivity index (χ2n) is 3.72. The van der Waals surface area contributed by atoms with Gasteiger partial charge in [-0.15, -0.1) is 0 Å². The number of aliphatic imine (C=N–C) groups is 1. The van der Waals surface area contributed by atoms with Crippen molar-refractivity contribution in [3.8, 4) is 0 Å². The minimum absolute atomic E-state index is 0.490. The number of carbonyl (C=O) groups excluding carboxylic acids is 1. The quantitative estimate of drug-likeness (QED) is 0.633. The first-order chi connectivity index (χ1) is 8.02. The molecule has 0 saturated heterocycles. The number of hydrogen-bond donors (Lipinski definition) is 1. The number of amidine groups is 1. The van der Waals surface area contributed by atoms with E-state index >= 15 is 0 Å². The van der Waals surface area contributed by atoms with Gasteiger partial charge in [-0.3, -0.25) is 5.32 Å². The zero-order chi connectivity index (χ0) is 12.8. The highest BCUT2D eigenvalue weighted by atomic mass is 16.5. The van der Waals surface area contributed by atoms with Crippen molar-refractivity contribution in [3.63, 3.8) is 0 Å². The van der Waals surface area contributed by atoms with Crippen molar-refractivity contribution in [2.45, 2.75) is 6.92 Å². The van der Waals surface area contributed by atoms with Gasteiger partial charge in [0.15, 0.2) is 0 Å². The topological polar surface area (TPSA) is 53.9 Å². The van der Waals surface area contributed by atoms with Crippen molar-refractivity contribution in [2.24, 2.45) is 4.99 Å². The average molecular weight is 235 g/mol. The average Bonchev–Trinajstić information content (AvgIpc) is 2.29. The fourth-order valence-corrected chi connectivity index (χ4v) is 1.11. The normalized spacial score (nSPS) is 10.9. The van der Waals surface area contributed by atoms with Crippen LogP contribution >= 0.6 is 0 Å². The van der Waals surface area contributed by atoms with Crippen LogP contribution in [0.5, 0.6) is 0 Å². The third-order valence-corrected chi connectivity index (χ3v) is 2.22. The smallest absolute Gasteiger partial charge is 0.411 e. The summed E-state index contributed by atoms with van der Waals surface area (Å²) in [5, 5.41) is 2.59. The molecule has 0 fully saturated rings. The molecule has 0 aliphatic carbocycles. The molecular formula is C12H17N3O2. The Bertz CT molecular complexity index is 428. The van der Waals surface area contributed by atoms with E-state index in [4.69, 9.17) is 0 Å². The first-order valence-electron chi connectivity index (χ1n) is 5.20. The number of rotatable bonds is 2. The Kier molecular flexibility index (Phi) is 4.51. The molecule has 0 unspecified atom stereocenters. The molecule has 1 aromatic carbocycles. The molecule has 1 N–H and O–H groups in total. The van der Waals surface area contributed by atoms with E-state index in [2.05, 4.69) is 15.0 Å². The number of carbonyl (C=O) groups is 1. The van der Waals surface area contributed by atoms with Gasteiger partial charge >= 0.3 is 6.09 Å². The van der Waals surface area contributed by atoms with E-state index in [0.717, 1.165) is 11.5 Å². The van der Waals surface area contributed by atoms with Crippen molar-refractivity contribution >= 4 is 23.3 Å². The molecule has 0 heterocycles. The predicted octanol–water partition coefficient (Wildman–Crippen LogP) is 2.48. The van der Waals surface area contributed by atoms with Crippen LogP contribution in [0.25, 0.3) is 0 Å². The maximum atomic E-state index is 11.0. The molecule has 0 atom stereocenters. The summed E-state index contributed by atoms with van der Waals surface area (Å²) >= 11 is 0. The van der Waals surface area contributed by atoms with E-state index in [1.165, 1.54) is 7.11 Å². The van der Waals surface area contributed by atoms with Crippen molar-refractivity contribution < 1.29 is 9.53 Å². The molecule has 17 heavy (non-hydrogen) atoms. The molecule has 0 radical (unpaired) electrons. The lowest BCUT2D eigenvalue weighted by Crippen LogP contribution is -2.17. The zero-order valence-corrected chi connectivity index (χ0v) is 10.5. The highest BCUT2D eigenvalue weighted by Crippen LogP contribution is 2.18. The van der Waals surface area contributed by atoms with Crippen LogP contribution in [0.3, 0.4) is 0 Å². The number of anilines is 1. The number of hydrogen-bond acceptors (Lipinski definition) is 3. The fourth-order valence-electron chi connectivity index (χ4n) is 1.11. The molecule has 5 nitrogen and oxygen atoms in total. The Morgan fingerprint density at radius 2 is 2.12 bits per heavy atom. The van der Waals surface area contributed by atoms with Crippen LogP contribution in [0.2, 0.25) is 0 Å². The Hall–Kier alpha value is -2.04. The number of amides is 1. The van der Waals surface area contributed by atoms with Crippen LogP contribution in [-0.4, -0.2) is 38.0 Å². The molecule has 0 spiro atoms. The Balaban J connectivity index is 2.86. The minimum Gasteiger partial charge on any atom is -0.453 e. The van der Waals surface area contributed by atoms with Gasteiger partial charge in [0.1, 0.15) is 5.84 Å². The van der Waals surface area contributed by atoms with Crippen LogP contribution in [0.4, 0.5) is 16.2 Å². The van der Waals surface area contributed by atoms with Crippen molar-refractivity contribution in [1.29, 1.82) is 0 Å². The van der Waals surface area contributed by atoms with E-state index in [1.54, 1.807) is 12.1 Å². The maximum absolute atomic E-state index is 11.0. The molecule has 1 aromatic rings. The highest BCUT2D eigenvalue weighted by Gasteiger charge is 2.01. The van der Waals surface area contributed by atoms with Crippen molar-refractivity contribution in [2.75, 3.05) is 26.5 Å². The lowest BCUT2D eigenvalue weighted by molar-refractivity contribution is 0.187. The summed E-state index contributed by atoms with van der Waals surface area (Å²) in [6, 6.07) is 7.26. The van der Waals surface area contributed by atoms with Crippen LogP contribution < -0.4 is 5.32 Å². The van der Waals surface area contributed by atoms with E-state index < -0.39 is 6.09 Å². The summed E-state index contributed by atoms with van der Waals surface area (Å²) in [6.45, 7) is 1.92. The predicted molar refractivity (Wildman–Crippen MR) is 68.9 cm³/mol. The molecule has 0 aromatic heterocycles. The lowest BCUT2D eigenvalue weighted by atomic mass is 10.3. The summed E-state index contributed by atoms with van der Waals surface area (Å²) in [5.41, 5.74) is 1.44. The van der Waals surface area contributed by atoms with Gasteiger partial charge in [0.2, 0.25) is 0 Å². The number of nitrogens with one attached hydrogen (secondary N) is 1. The molecular weight excluding hydrogens is 218 g/mol. The summed E-state index contributed by atoms with van der Waals surface area (Å²) < 4.78 is 4.52. The lowest BCUT2D eigenvalue weighted by Gasteiger charge is -2.11. The van der Waals surface area contributed by atoms with E-state index in [9.17, 15) is 4.79 Å². The van der Waals surface area contributed by atoms with Gasteiger partial charge in [-0.25, -0.2) is 9.79 Å².